The van der Waals surface area contributed by atoms with Gasteiger partial charge < -0.3 is 10.2 Å². The quantitative estimate of drug-likeness (QED) is 0.850. The molecule has 1 heterocycles. The van der Waals surface area contributed by atoms with Crippen LogP contribution in [0.15, 0.2) is 22.8 Å². The Morgan fingerprint density at radius 2 is 2.19 bits per heavy atom. The molecule has 6 heteroatoms. The van der Waals surface area contributed by atoms with E-state index in [-0.39, 0.29) is 13.1 Å². The molecule has 1 aromatic rings. The first-order valence-corrected chi connectivity index (χ1v) is 5.02. The van der Waals surface area contributed by atoms with Crippen molar-refractivity contribution in [2.24, 2.45) is 5.73 Å². The Morgan fingerprint density at radius 3 is 2.56 bits per heavy atom. The molecule has 1 aromatic heterocycles. The van der Waals surface area contributed by atoms with E-state index in [1.807, 2.05) is 0 Å². The first-order chi connectivity index (χ1) is 7.49. The van der Waals surface area contributed by atoms with Gasteiger partial charge in [0.1, 0.15) is 11.8 Å². The molecule has 1 atom stereocenters. The van der Waals surface area contributed by atoms with Gasteiger partial charge in [-0.25, -0.2) is 0 Å². The summed E-state index contributed by atoms with van der Waals surface area (Å²) in [4.78, 5) is 1.25. The molecule has 0 aliphatic carbocycles. The fourth-order valence-corrected chi connectivity index (χ4v) is 1.53. The van der Waals surface area contributed by atoms with E-state index >= 15 is 0 Å². The highest BCUT2D eigenvalue weighted by Gasteiger charge is 2.42. The van der Waals surface area contributed by atoms with Gasteiger partial charge in [0, 0.05) is 6.54 Å². The van der Waals surface area contributed by atoms with Crippen LogP contribution in [0.3, 0.4) is 0 Å². The van der Waals surface area contributed by atoms with Gasteiger partial charge in [-0.3, -0.25) is 4.90 Å². The number of nitrogens with zero attached hydrogens (tertiary/aromatic N) is 1. The van der Waals surface area contributed by atoms with Crippen LogP contribution >= 0.6 is 0 Å². The zero-order chi connectivity index (χ0) is 12.2. The second kappa shape index (κ2) is 5.36. The number of halogens is 3. The molecular weight excluding hydrogens is 221 g/mol. The molecule has 1 rings (SSSR count). The van der Waals surface area contributed by atoms with Crippen LogP contribution in [0.2, 0.25) is 0 Å². The van der Waals surface area contributed by atoms with E-state index < -0.39 is 18.8 Å². The van der Waals surface area contributed by atoms with Crippen LogP contribution in [-0.2, 0) is 6.54 Å². The minimum Gasteiger partial charge on any atom is -0.468 e. The number of nitrogens with two attached hydrogens (primary N) is 1. The van der Waals surface area contributed by atoms with Crippen LogP contribution in [0.4, 0.5) is 13.2 Å². The summed E-state index contributed by atoms with van der Waals surface area (Å²) in [6.07, 6.45) is -2.87. The van der Waals surface area contributed by atoms with Gasteiger partial charge in [-0.2, -0.15) is 13.2 Å². The molecule has 2 N–H and O–H groups in total. The summed E-state index contributed by atoms with van der Waals surface area (Å²) in [7, 11) is 0. The summed E-state index contributed by atoms with van der Waals surface area (Å²) in [5.74, 6) is 0.504. The number of furan rings is 1. The summed E-state index contributed by atoms with van der Waals surface area (Å²) in [5.41, 5.74) is 5.17. The second-order valence-electron chi connectivity index (χ2n) is 3.44. The highest BCUT2D eigenvalue weighted by Crippen LogP contribution is 2.25. The van der Waals surface area contributed by atoms with E-state index in [4.69, 9.17) is 10.2 Å². The van der Waals surface area contributed by atoms with Crippen molar-refractivity contribution in [2.45, 2.75) is 25.7 Å². The molecule has 3 nitrogen and oxygen atoms in total. The van der Waals surface area contributed by atoms with E-state index in [1.54, 1.807) is 19.1 Å². The lowest BCUT2D eigenvalue weighted by Gasteiger charge is -2.30. The van der Waals surface area contributed by atoms with Crippen LogP contribution in [0, 0.1) is 0 Å². The maximum Gasteiger partial charge on any atom is 0.405 e. The molecule has 0 amide bonds. The van der Waals surface area contributed by atoms with Crippen molar-refractivity contribution in [1.29, 1.82) is 0 Å². The molecule has 0 aliphatic rings. The van der Waals surface area contributed by atoms with Crippen LogP contribution in [0.5, 0.6) is 0 Å². The third kappa shape index (κ3) is 3.24. The second-order valence-corrected chi connectivity index (χ2v) is 3.44. The Balaban J connectivity index is 2.72. The Kier molecular flexibility index (Phi) is 4.37. The maximum atomic E-state index is 12.6. The fraction of sp³-hybridized carbons (Fsp3) is 0.600. The van der Waals surface area contributed by atoms with Crippen molar-refractivity contribution < 1.29 is 17.6 Å². The van der Waals surface area contributed by atoms with Gasteiger partial charge in [0.2, 0.25) is 0 Å². The minimum atomic E-state index is -4.31. The molecule has 0 aromatic carbocycles. The van der Waals surface area contributed by atoms with E-state index in [2.05, 4.69) is 0 Å². The maximum absolute atomic E-state index is 12.6. The third-order valence-electron chi connectivity index (χ3n) is 2.39. The number of hydrogen-bond acceptors (Lipinski definition) is 3. The number of hydrogen-bond donors (Lipinski definition) is 1. The average molecular weight is 236 g/mol. The zero-order valence-corrected chi connectivity index (χ0v) is 9.00. The summed E-state index contributed by atoms with van der Waals surface area (Å²) >= 11 is 0. The lowest BCUT2D eigenvalue weighted by atomic mass is 10.2. The lowest BCUT2D eigenvalue weighted by molar-refractivity contribution is -0.182. The molecule has 0 radical (unpaired) electrons. The number of rotatable bonds is 5. The van der Waals surface area contributed by atoms with Gasteiger partial charge in [-0.1, -0.05) is 6.92 Å². The number of likely N-dealkylation sites (N-methyl/N-ethyl adjacent to an activating group) is 1. The van der Waals surface area contributed by atoms with Gasteiger partial charge >= 0.3 is 6.18 Å². The van der Waals surface area contributed by atoms with Crippen LogP contribution < -0.4 is 5.73 Å². The predicted octanol–water partition coefficient (Wildman–Crippen LogP) is 1.99. The highest BCUT2D eigenvalue weighted by molar-refractivity contribution is 4.98. The zero-order valence-electron chi connectivity index (χ0n) is 9.00. The summed E-state index contributed by atoms with van der Waals surface area (Å²) < 4.78 is 42.9. The molecular formula is C10H15F3N2O. The number of alkyl halides is 3. The molecule has 0 bridgehead atoms. The Bertz CT molecular complexity index is 298. The molecule has 0 saturated heterocycles. The van der Waals surface area contributed by atoms with Gasteiger partial charge in [0.05, 0.1) is 12.8 Å². The van der Waals surface area contributed by atoms with E-state index in [0.717, 1.165) is 0 Å². The predicted molar refractivity (Wildman–Crippen MR) is 53.7 cm³/mol. The molecule has 0 saturated carbocycles. The van der Waals surface area contributed by atoms with Crippen molar-refractivity contribution >= 4 is 0 Å². The lowest BCUT2D eigenvalue weighted by Crippen LogP contribution is -2.49. The third-order valence-corrected chi connectivity index (χ3v) is 2.39. The average Bonchev–Trinajstić information content (AvgIpc) is 2.67. The molecule has 1 unspecified atom stereocenters. The molecule has 92 valence electrons. The fourth-order valence-electron chi connectivity index (χ4n) is 1.53. The summed E-state index contributed by atoms with van der Waals surface area (Å²) in [6, 6.07) is 1.67. The van der Waals surface area contributed by atoms with Crippen LogP contribution in [0.25, 0.3) is 0 Å². The van der Waals surface area contributed by atoms with Crippen molar-refractivity contribution in [3.63, 3.8) is 0 Å². The van der Waals surface area contributed by atoms with E-state index in [0.29, 0.717) is 5.76 Å². The van der Waals surface area contributed by atoms with E-state index in [9.17, 15) is 13.2 Å². The van der Waals surface area contributed by atoms with Crippen molar-refractivity contribution in [3.8, 4) is 0 Å². The molecule has 0 aliphatic heterocycles. The first kappa shape index (κ1) is 13.1. The summed E-state index contributed by atoms with van der Waals surface area (Å²) in [6.45, 7) is 1.60. The standard InChI is InChI=1S/C10H15F3N2O/c1-2-15(7-8-4-3-5-16-8)9(6-14)10(11,12)13/h3-5,9H,2,6-7,14H2,1H3. The SMILES string of the molecule is CCN(Cc1ccco1)C(CN)C(F)(F)F. The molecule has 0 fully saturated rings. The topological polar surface area (TPSA) is 42.4 Å². The monoisotopic (exact) mass is 236 g/mol. The molecule has 0 spiro atoms. The first-order valence-electron chi connectivity index (χ1n) is 5.02. The normalized spacial score (nSPS) is 14.4. The van der Waals surface area contributed by atoms with Gasteiger partial charge in [-0.05, 0) is 18.7 Å². The van der Waals surface area contributed by atoms with Crippen LogP contribution in [0.1, 0.15) is 12.7 Å². The minimum absolute atomic E-state index is 0.116. The highest BCUT2D eigenvalue weighted by atomic mass is 19.4. The largest absolute Gasteiger partial charge is 0.468 e. The van der Waals surface area contributed by atoms with Crippen molar-refractivity contribution in [3.05, 3.63) is 24.2 Å². The van der Waals surface area contributed by atoms with Gasteiger partial charge in [0.15, 0.2) is 0 Å². The Labute approximate surface area is 92.0 Å². The van der Waals surface area contributed by atoms with Gasteiger partial charge in [0.25, 0.3) is 0 Å². The van der Waals surface area contributed by atoms with E-state index in [1.165, 1.54) is 11.2 Å². The Hall–Kier alpha value is -1.01. The van der Waals surface area contributed by atoms with Gasteiger partial charge in [-0.15, -0.1) is 0 Å². The smallest absolute Gasteiger partial charge is 0.405 e. The summed E-state index contributed by atoms with van der Waals surface area (Å²) in [5, 5.41) is 0. The van der Waals surface area contributed by atoms with Crippen molar-refractivity contribution in [1.82, 2.24) is 4.90 Å². The van der Waals surface area contributed by atoms with Crippen LogP contribution in [-0.4, -0.2) is 30.2 Å². The molecule has 16 heavy (non-hydrogen) atoms. The van der Waals surface area contributed by atoms with Crippen molar-refractivity contribution in [2.75, 3.05) is 13.1 Å². The Morgan fingerprint density at radius 1 is 1.50 bits per heavy atom.